The number of carbonyl (C=O) groups is 1. The van der Waals surface area contributed by atoms with E-state index >= 15 is 0 Å². The van der Waals surface area contributed by atoms with Gasteiger partial charge in [-0.05, 0) is 48.9 Å². The number of rotatable bonds is 9. The normalized spacial score (nSPS) is 10.8. The zero-order chi connectivity index (χ0) is 21.4. The molecule has 0 unspecified atom stereocenters. The van der Waals surface area contributed by atoms with Crippen LogP contribution in [0.25, 0.3) is 0 Å². The number of carbonyl (C=O) groups excluding carboxylic acids is 1. The van der Waals surface area contributed by atoms with Crippen LogP contribution < -0.4 is 4.31 Å². The molecule has 0 fully saturated rings. The summed E-state index contributed by atoms with van der Waals surface area (Å²) in [4.78, 5) is 12.0. The molecule has 2 rings (SSSR count). The van der Waals surface area contributed by atoms with Gasteiger partial charge >= 0.3 is 5.97 Å². The summed E-state index contributed by atoms with van der Waals surface area (Å²) >= 11 is 12.0. The number of nitriles is 1. The van der Waals surface area contributed by atoms with Gasteiger partial charge in [0.15, 0.2) is 0 Å². The average Bonchev–Trinajstić information content (AvgIpc) is 2.70. The largest absolute Gasteiger partial charge is 0.462 e. The standard InChI is InChI=1S/C20H18Cl2N2O4S/c1-2-12-24(17-8-6-16(21)7-9-17)29(26,27)19-14-15(5-10-18(19)22)20(25)28-13-4-3-11-23/h2,5-10,14H,1,3-4,12-13H2. The maximum atomic E-state index is 13.3. The SMILES string of the molecule is C=CCN(c1ccc(Cl)cc1)S(=O)(=O)c1cc(C(=O)OCCCC#N)ccc1Cl. The topological polar surface area (TPSA) is 87.5 Å². The van der Waals surface area contributed by atoms with Gasteiger partial charge in [0.25, 0.3) is 10.0 Å². The smallest absolute Gasteiger partial charge is 0.338 e. The number of hydrogen-bond donors (Lipinski definition) is 0. The molecule has 0 atom stereocenters. The Hall–Kier alpha value is -2.53. The van der Waals surface area contributed by atoms with Gasteiger partial charge in [-0.2, -0.15) is 5.26 Å². The molecule has 0 aliphatic heterocycles. The first-order valence-corrected chi connectivity index (χ1v) is 10.7. The van der Waals surface area contributed by atoms with Crippen LogP contribution in [0.15, 0.2) is 60.0 Å². The molecule has 29 heavy (non-hydrogen) atoms. The molecule has 0 heterocycles. The number of sulfonamides is 1. The highest BCUT2D eigenvalue weighted by Crippen LogP contribution is 2.30. The fourth-order valence-corrected chi connectivity index (χ4v) is 4.48. The molecule has 0 aliphatic rings. The molecular formula is C20H18Cl2N2O4S. The zero-order valence-electron chi connectivity index (χ0n) is 15.3. The molecular weight excluding hydrogens is 435 g/mol. The minimum Gasteiger partial charge on any atom is -0.462 e. The van der Waals surface area contributed by atoms with Crippen molar-refractivity contribution >= 4 is 44.9 Å². The van der Waals surface area contributed by atoms with Crippen LogP contribution in [0.4, 0.5) is 5.69 Å². The summed E-state index contributed by atoms with van der Waals surface area (Å²) in [5.74, 6) is -0.696. The van der Waals surface area contributed by atoms with Crippen molar-refractivity contribution in [1.29, 1.82) is 5.26 Å². The van der Waals surface area contributed by atoms with Crippen molar-refractivity contribution in [3.8, 4) is 6.07 Å². The highest BCUT2D eigenvalue weighted by molar-refractivity contribution is 7.93. The number of esters is 1. The first-order chi connectivity index (χ1) is 13.8. The Kier molecular flexibility index (Phi) is 8.09. The predicted octanol–water partition coefficient (Wildman–Crippen LogP) is 4.84. The van der Waals surface area contributed by atoms with Crippen molar-refractivity contribution in [2.75, 3.05) is 17.5 Å². The maximum Gasteiger partial charge on any atom is 0.338 e. The number of hydrogen-bond acceptors (Lipinski definition) is 5. The Labute approximate surface area is 180 Å². The second-order valence-corrected chi connectivity index (χ2v) is 8.52. The molecule has 0 amide bonds. The number of ether oxygens (including phenoxy) is 1. The van der Waals surface area contributed by atoms with E-state index < -0.39 is 16.0 Å². The summed E-state index contributed by atoms with van der Waals surface area (Å²) in [7, 11) is -4.11. The molecule has 0 aliphatic carbocycles. The van der Waals surface area contributed by atoms with E-state index in [9.17, 15) is 13.2 Å². The Morgan fingerprint density at radius 3 is 2.52 bits per heavy atom. The Morgan fingerprint density at radius 1 is 1.21 bits per heavy atom. The van der Waals surface area contributed by atoms with Crippen LogP contribution in [0.5, 0.6) is 0 Å². The first kappa shape index (κ1) is 22.8. The molecule has 0 aromatic heterocycles. The van der Waals surface area contributed by atoms with Crippen LogP contribution in [0.1, 0.15) is 23.2 Å². The van der Waals surface area contributed by atoms with E-state index in [1.807, 2.05) is 6.07 Å². The Balaban J connectivity index is 2.39. The lowest BCUT2D eigenvalue weighted by atomic mass is 10.2. The van der Waals surface area contributed by atoms with E-state index in [2.05, 4.69) is 6.58 Å². The highest BCUT2D eigenvalue weighted by atomic mass is 35.5. The Bertz CT molecular complexity index is 1030. The number of anilines is 1. The third kappa shape index (κ3) is 5.73. The van der Waals surface area contributed by atoms with E-state index in [1.165, 1.54) is 24.3 Å². The number of benzene rings is 2. The fraction of sp³-hybridized carbons (Fsp3) is 0.200. The maximum absolute atomic E-state index is 13.3. The van der Waals surface area contributed by atoms with Gasteiger partial charge in [0.1, 0.15) is 4.90 Å². The lowest BCUT2D eigenvalue weighted by molar-refractivity contribution is 0.0501. The second kappa shape index (κ2) is 10.3. The van der Waals surface area contributed by atoms with Gasteiger partial charge in [0.05, 0.1) is 35.5 Å². The van der Waals surface area contributed by atoms with Gasteiger partial charge in [0, 0.05) is 11.4 Å². The van der Waals surface area contributed by atoms with Crippen LogP contribution in [0.2, 0.25) is 10.0 Å². The van der Waals surface area contributed by atoms with E-state index in [1.54, 1.807) is 24.3 Å². The lowest BCUT2D eigenvalue weighted by Crippen LogP contribution is -2.31. The molecule has 152 valence electrons. The molecule has 9 heteroatoms. The molecule has 0 saturated heterocycles. The van der Waals surface area contributed by atoms with Gasteiger partial charge < -0.3 is 4.74 Å². The minimum atomic E-state index is -4.11. The monoisotopic (exact) mass is 452 g/mol. The van der Waals surface area contributed by atoms with Gasteiger partial charge in [-0.1, -0.05) is 29.3 Å². The zero-order valence-corrected chi connectivity index (χ0v) is 17.7. The van der Waals surface area contributed by atoms with Crippen LogP contribution in [-0.4, -0.2) is 27.5 Å². The van der Waals surface area contributed by atoms with Crippen molar-refractivity contribution in [3.05, 3.63) is 70.7 Å². The number of halogens is 2. The van der Waals surface area contributed by atoms with Gasteiger partial charge in [-0.25, -0.2) is 13.2 Å². The molecule has 0 radical (unpaired) electrons. The van der Waals surface area contributed by atoms with Crippen LogP contribution >= 0.6 is 23.2 Å². The summed E-state index contributed by atoms with van der Waals surface area (Å²) in [6, 6.07) is 12.1. The quantitative estimate of drug-likeness (QED) is 0.308. The second-order valence-electron chi connectivity index (χ2n) is 5.84. The van der Waals surface area contributed by atoms with Gasteiger partial charge in [-0.15, -0.1) is 6.58 Å². The number of unbranched alkanes of at least 4 members (excludes halogenated alkanes) is 1. The third-order valence-electron chi connectivity index (χ3n) is 3.81. The fourth-order valence-electron chi connectivity index (χ4n) is 2.41. The van der Waals surface area contributed by atoms with Crippen molar-refractivity contribution in [2.24, 2.45) is 0 Å². The summed E-state index contributed by atoms with van der Waals surface area (Å²) in [6.45, 7) is 3.65. The van der Waals surface area contributed by atoms with Crippen molar-refractivity contribution in [2.45, 2.75) is 17.7 Å². The van der Waals surface area contributed by atoms with Crippen LogP contribution in [0.3, 0.4) is 0 Å². The summed E-state index contributed by atoms with van der Waals surface area (Å²) in [6.07, 6.45) is 2.09. The van der Waals surface area contributed by atoms with Crippen molar-refractivity contribution in [3.63, 3.8) is 0 Å². The summed E-state index contributed by atoms with van der Waals surface area (Å²) < 4.78 is 32.7. The van der Waals surface area contributed by atoms with E-state index in [4.69, 9.17) is 33.2 Å². The third-order valence-corrected chi connectivity index (χ3v) is 6.34. The predicted molar refractivity (Wildman–Crippen MR) is 113 cm³/mol. The van der Waals surface area contributed by atoms with Crippen LogP contribution in [-0.2, 0) is 14.8 Å². The van der Waals surface area contributed by atoms with E-state index in [0.29, 0.717) is 17.1 Å². The molecule has 0 N–H and O–H groups in total. The highest BCUT2D eigenvalue weighted by Gasteiger charge is 2.27. The minimum absolute atomic E-state index is 0.0108. The number of nitrogens with zero attached hydrogens (tertiary/aromatic N) is 2. The summed E-state index contributed by atoms with van der Waals surface area (Å²) in [5, 5.41) is 8.95. The molecule has 0 saturated carbocycles. The molecule has 0 spiro atoms. The van der Waals surface area contributed by atoms with E-state index in [-0.39, 0.29) is 35.1 Å². The average molecular weight is 453 g/mol. The van der Waals surface area contributed by atoms with Crippen molar-refractivity contribution in [1.82, 2.24) is 0 Å². The molecule has 6 nitrogen and oxygen atoms in total. The van der Waals surface area contributed by atoms with Gasteiger partial charge in [0.2, 0.25) is 0 Å². The Morgan fingerprint density at radius 2 is 1.90 bits per heavy atom. The van der Waals surface area contributed by atoms with E-state index in [0.717, 1.165) is 4.31 Å². The lowest BCUT2D eigenvalue weighted by Gasteiger charge is -2.24. The van der Waals surface area contributed by atoms with Crippen molar-refractivity contribution < 1.29 is 17.9 Å². The molecule has 2 aromatic carbocycles. The summed E-state index contributed by atoms with van der Waals surface area (Å²) in [5.41, 5.74) is 0.412. The van der Waals surface area contributed by atoms with Gasteiger partial charge in [-0.3, -0.25) is 4.31 Å². The van der Waals surface area contributed by atoms with Crippen LogP contribution in [0, 0.1) is 11.3 Å². The molecule has 2 aromatic rings. The molecule has 0 bridgehead atoms. The first-order valence-electron chi connectivity index (χ1n) is 8.54.